The number of fused-ring (bicyclic) bond motifs is 6. The van der Waals surface area contributed by atoms with Gasteiger partial charge in [0, 0.05) is 37.4 Å². The first-order valence-corrected chi connectivity index (χ1v) is 22.0. The van der Waals surface area contributed by atoms with Gasteiger partial charge in [-0.05, 0) is 86.4 Å². The van der Waals surface area contributed by atoms with Crippen molar-refractivity contribution in [1.29, 1.82) is 0 Å². The number of hydrogen-bond donors (Lipinski definition) is 0. The molecule has 0 aliphatic heterocycles. The first-order valence-electron chi connectivity index (χ1n) is 22.7. The predicted molar refractivity (Wildman–Crippen MR) is 252 cm³/mol. The molecule has 11 aromatic rings. The van der Waals surface area contributed by atoms with Gasteiger partial charge in [-0.3, -0.25) is 0 Å². The molecule has 0 spiro atoms. The summed E-state index contributed by atoms with van der Waals surface area (Å²) in [5.74, 6) is 0. The van der Waals surface area contributed by atoms with Crippen molar-refractivity contribution in [3.05, 3.63) is 229 Å². The monoisotopic (exact) mass is 827 g/mol. The van der Waals surface area contributed by atoms with E-state index in [4.69, 9.17) is 4.11 Å². The Balaban J connectivity index is 1.28. The lowest BCUT2D eigenvalue weighted by molar-refractivity contribution is 1.13. The van der Waals surface area contributed by atoms with Gasteiger partial charge in [-0.2, -0.15) is 0 Å². The molecule has 0 amide bonds. The zero-order valence-electron chi connectivity index (χ0n) is 38.1. The van der Waals surface area contributed by atoms with Gasteiger partial charge < -0.3 is 9.13 Å². The summed E-state index contributed by atoms with van der Waals surface area (Å²) in [5.41, 5.74) is 5.30. The van der Waals surface area contributed by atoms with E-state index in [0.717, 1.165) is 38.6 Å². The molecule has 2 nitrogen and oxygen atoms in total. The van der Waals surface area contributed by atoms with E-state index in [9.17, 15) is 5.48 Å². The fourth-order valence-electron chi connectivity index (χ4n) is 8.97. The second kappa shape index (κ2) is 14.0. The van der Waals surface area contributed by atoms with Crippen LogP contribution in [0.3, 0.4) is 0 Å². The van der Waals surface area contributed by atoms with Gasteiger partial charge in [-0.25, -0.2) is 0 Å². The summed E-state index contributed by atoms with van der Waals surface area (Å²) in [6.07, 6.45) is 0. The Morgan fingerprint density at radius 2 is 0.879 bits per heavy atom. The van der Waals surface area contributed by atoms with Gasteiger partial charge in [-0.15, -0.1) is 0 Å². The summed E-state index contributed by atoms with van der Waals surface area (Å²) in [4.78, 5) is 0. The molecule has 4 heteroatoms. The van der Waals surface area contributed by atoms with Gasteiger partial charge >= 0.3 is 0 Å². The topological polar surface area (TPSA) is 9.86 Å². The average Bonchev–Trinajstić information content (AvgIpc) is 3.90. The molecule has 0 atom stereocenters. The lowest BCUT2D eigenvalue weighted by Gasteiger charge is -2.34. The maximum Gasteiger partial charge on any atom is 0.179 e. The van der Waals surface area contributed by atoms with Gasteiger partial charge in [0.1, 0.15) is 0 Å². The molecule has 0 saturated heterocycles. The smallest absolute Gasteiger partial charge is 0.179 e. The molecule has 0 aliphatic rings. The molecule has 274 valence electrons. The van der Waals surface area contributed by atoms with Gasteiger partial charge in [0.15, 0.2) is 8.07 Å². The first kappa shape index (κ1) is 27.8. The Morgan fingerprint density at radius 1 is 0.379 bits per heavy atom. The molecule has 0 aliphatic carbocycles. The van der Waals surface area contributed by atoms with Crippen LogP contribution in [0.15, 0.2) is 229 Å². The highest BCUT2D eigenvalue weighted by molar-refractivity contribution is 9.10. The number of hydrogen-bond acceptors (Lipinski definition) is 0. The maximum absolute atomic E-state index is 9.43. The van der Waals surface area contributed by atoms with Crippen LogP contribution in [-0.2, 0) is 0 Å². The molecular formula is C54H37BrN2Si. The summed E-state index contributed by atoms with van der Waals surface area (Å²) in [7, 11) is -2.96. The molecule has 0 bridgehead atoms. The number of rotatable bonds is 7. The number of aromatic nitrogens is 2. The van der Waals surface area contributed by atoms with E-state index in [-0.39, 0.29) is 56.5 Å². The van der Waals surface area contributed by atoms with Crippen molar-refractivity contribution in [2.45, 2.75) is 0 Å². The predicted octanol–water partition coefficient (Wildman–Crippen LogP) is 11.7. The Labute approximate surface area is 356 Å². The Hall–Kier alpha value is -6.72. The lowest BCUT2D eigenvalue weighted by Crippen LogP contribution is -2.74. The molecule has 0 radical (unpaired) electrons. The molecule has 9 aromatic carbocycles. The zero-order valence-corrected chi connectivity index (χ0v) is 33.7. The molecule has 0 fully saturated rings. The van der Waals surface area contributed by atoms with Crippen molar-refractivity contribution >= 4 is 88.4 Å². The molecule has 0 N–H and O–H groups in total. The van der Waals surface area contributed by atoms with Crippen LogP contribution in [-0.4, -0.2) is 17.2 Å². The summed E-state index contributed by atoms with van der Waals surface area (Å²) < 4.78 is 67.7. The second-order valence-corrected chi connectivity index (χ2v) is 19.1. The highest BCUT2D eigenvalue weighted by atomic mass is 79.9. The quantitative estimate of drug-likeness (QED) is 0.112. The van der Waals surface area contributed by atoms with Crippen LogP contribution >= 0.6 is 15.9 Å². The van der Waals surface area contributed by atoms with Gasteiger partial charge in [0.05, 0.1) is 31.7 Å². The summed E-state index contributed by atoms with van der Waals surface area (Å²) in [5, 5.41) is 7.33. The number of halogens is 1. The minimum absolute atomic E-state index is 0.0842. The van der Waals surface area contributed by atoms with Crippen LogP contribution in [0.4, 0.5) is 0 Å². The Kier molecular flexibility index (Phi) is 6.73. The first-order chi connectivity index (χ1) is 31.6. The van der Waals surface area contributed by atoms with Crippen LogP contribution in [0.1, 0.15) is 9.60 Å². The molecule has 0 saturated carbocycles. The third kappa shape index (κ3) is 5.44. The Morgan fingerprint density at radius 3 is 1.48 bits per heavy atom. The normalized spacial score (nSPS) is 13.6. The Bertz CT molecular complexity index is 3480. The van der Waals surface area contributed by atoms with Crippen molar-refractivity contribution in [1.82, 2.24) is 9.13 Å². The maximum atomic E-state index is 9.43. The number of para-hydroxylation sites is 3. The lowest BCUT2D eigenvalue weighted by atomic mass is 10.0. The summed E-state index contributed by atoms with van der Waals surface area (Å²) in [6.45, 7) is 0. The second-order valence-electron chi connectivity index (χ2n) is 14.5. The largest absolute Gasteiger partial charge is 0.309 e. The van der Waals surface area contributed by atoms with Crippen molar-refractivity contribution in [3.8, 4) is 22.5 Å². The molecule has 2 heterocycles. The fraction of sp³-hybridized carbons (Fsp3) is 0. The van der Waals surface area contributed by atoms with E-state index < -0.39 is 20.2 Å². The highest BCUT2D eigenvalue weighted by Crippen LogP contribution is 2.38. The van der Waals surface area contributed by atoms with E-state index in [0.29, 0.717) is 5.69 Å². The van der Waals surface area contributed by atoms with Gasteiger partial charge in [0.2, 0.25) is 0 Å². The molecule has 0 unspecified atom stereocenters. The van der Waals surface area contributed by atoms with Crippen molar-refractivity contribution in [2.75, 3.05) is 0 Å². The standard InChI is InChI=1S/C54H37BrN2Si/c55-40-31-32-54-50(36-40)49-27-12-15-30-53(49)57(54)42-34-39(33-41(37-42)56-51-28-13-10-25-47(51)48-26-11-14-29-52(48)56)38-17-16-24-46(35-38)58(43-18-4-1-5-19-43,44-20-6-2-7-21-44)45-22-8-3-9-23-45/h1-37H/i12D,15D,27D,30D,31D,32D,36D. The minimum Gasteiger partial charge on any atom is -0.309 e. The fourth-order valence-corrected chi connectivity index (χ4v) is 14.1. The molecule has 2 aromatic heterocycles. The van der Waals surface area contributed by atoms with E-state index in [1.54, 1.807) is 4.57 Å². The van der Waals surface area contributed by atoms with E-state index in [1.807, 2.05) is 36.4 Å². The number of benzene rings is 9. The van der Waals surface area contributed by atoms with Crippen LogP contribution in [0, 0.1) is 0 Å². The SMILES string of the molecule is [2H]c1c([2H])c([2H])c2c(c1[2H])c1c([2H])c(Br)c([2H])c([2H])c1n2-c1cc(-c2cccc([Si](c3ccccc3)(c3ccccc3)c3ccccc3)c2)cc(-n2c3ccccc3c3ccccc32)c1. The third-order valence-electron chi connectivity index (χ3n) is 11.4. The molecular weight excluding hydrogens is 785 g/mol. The number of nitrogens with zero attached hydrogens (tertiary/aromatic N) is 2. The van der Waals surface area contributed by atoms with E-state index >= 15 is 0 Å². The minimum atomic E-state index is -2.96. The highest BCUT2D eigenvalue weighted by Gasteiger charge is 2.41. The molecule has 11 rings (SSSR count). The van der Waals surface area contributed by atoms with Crippen LogP contribution < -0.4 is 20.7 Å². The van der Waals surface area contributed by atoms with Crippen molar-refractivity contribution in [3.63, 3.8) is 0 Å². The van der Waals surface area contributed by atoms with Crippen LogP contribution in [0.25, 0.3) is 66.1 Å². The van der Waals surface area contributed by atoms with E-state index in [2.05, 4.69) is 166 Å². The third-order valence-corrected chi connectivity index (χ3v) is 16.5. The van der Waals surface area contributed by atoms with Crippen LogP contribution in [0.5, 0.6) is 0 Å². The average molecular weight is 829 g/mol. The van der Waals surface area contributed by atoms with Crippen molar-refractivity contribution < 1.29 is 9.60 Å². The van der Waals surface area contributed by atoms with Gasteiger partial charge in [0.25, 0.3) is 0 Å². The van der Waals surface area contributed by atoms with E-state index in [1.165, 1.54) is 20.7 Å². The van der Waals surface area contributed by atoms with Gasteiger partial charge in [-0.1, -0.05) is 186 Å². The van der Waals surface area contributed by atoms with Crippen molar-refractivity contribution in [2.24, 2.45) is 0 Å². The summed E-state index contributed by atoms with van der Waals surface area (Å²) >= 11 is 3.38. The zero-order chi connectivity index (χ0) is 44.7. The van der Waals surface area contributed by atoms with Crippen LogP contribution in [0.2, 0.25) is 0 Å². The molecule has 58 heavy (non-hydrogen) atoms. The summed E-state index contributed by atoms with van der Waals surface area (Å²) in [6, 6.07) is 61.7.